The molecule has 0 bridgehead atoms. The molecule has 1 unspecified atom stereocenters. The largest absolute Gasteiger partial charge is 0.446 e. The first kappa shape index (κ1) is 18.0. The van der Waals surface area contributed by atoms with Gasteiger partial charge in [-0.15, -0.1) is 5.10 Å². The van der Waals surface area contributed by atoms with Crippen LogP contribution in [0.15, 0.2) is 47.6 Å². The van der Waals surface area contributed by atoms with Crippen molar-refractivity contribution in [1.29, 1.82) is 0 Å². The van der Waals surface area contributed by atoms with E-state index < -0.39 is 33.4 Å². The zero-order valence-electron chi connectivity index (χ0n) is 14.4. The summed E-state index contributed by atoms with van der Waals surface area (Å²) in [4.78, 5) is 32.6. The minimum absolute atomic E-state index is 0.0387. The summed E-state index contributed by atoms with van der Waals surface area (Å²) in [7, 11) is 0. The SMILES string of the molecule is CC(=O)N1N=C(c2cc([N+](=O)[O-])cc([N+](=O)[O-])c2)OC1c1ccc(C)cc1. The molecule has 0 aliphatic carbocycles. The summed E-state index contributed by atoms with van der Waals surface area (Å²) in [6.45, 7) is 3.21. The van der Waals surface area contributed by atoms with Crippen LogP contribution in [-0.4, -0.2) is 26.7 Å². The number of hydrazone groups is 1. The molecule has 27 heavy (non-hydrogen) atoms. The molecule has 0 aromatic heterocycles. The molecule has 1 atom stereocenters. The van der Waals surface area contributed by atoms with Crippen molar-refractivity contribution in [3.63, 3.8) is 0 Å². The number of rotatable bonds is 4. The number of nitrogens with zero attached hydrogens (tertiary/aromatic N) is 4. The average molecular weight is 370 g/mol. The van der Waals surface area contributed by atoms with E-state index in [2.05, 4.69) is 5.10 Å². The predicted octanol–water partition coefficient (Wildman–Crippen LogP) is 3.05. The fraction of sp³-hybridized carbons (Fsp3) is 0.176. The number of carbonyl (C=O) groups excluding carboxylic acids is 1. The summed E-state index contributed by atoms with van der Waals surface area (Å²) >= 11 is 0. The van der Waals surface area contributed by atoms with Gasteiger partial charge in [0.1, 0.15) is 0 Å². The third kappa shape index (κ3) is 3.59. The van der Waals surface area contributed by atoms with Crippen molar-refractivity contribution in [3.05, 3.63) is 79.4 Å². The van der Waals surface area contributed by atoms with E-state index in [0.29, 0.717) is 5.56 Å². The number of aryl methyl sites for hydroxylation is 1. The molecule has 1 aliphatic rings. The number of ether oxygens (including phenoxy) is 1. The molecule has 1 aliphatic heterocycles. The number of nitro benzene ring substituents is 2. The molecule has 2 aromatic carbocycles. The maximum absolute atomic E-state index is 11.9. The lowest BCUT2D eigenvalue weighted by atomic mass is 10.1. The topological polar surface area (TPSA) is 128 Å². The fourth-order valence-electron chi connectivity index (χ4n) is 2.56. The smallest absolute Gasteiger partial charge is 0.277 e. The third-order valence-electron chi connectivity index (χ3n) is 3.90. The van der Waals surface area contributed by atoms with Crippen molar-refractivity contribution >= 4 is 23.2 Å². The van der Waals surface area contributed by atoms with Crippen molar-refractivity contribution < 1.29 is 19.4 Å². The van der Waals surface area contributed by atoms with Crippen molar-refractivity contribution in [2.45, 2.75) is 20.1 Å². The standard InChI is InChI=1S/C17H14N4O6/c1-10-3-5-12(6-4-10)17-19(11(2)22)18-16(27-17)13-7-14(20(23)24)9-15(8-13)21(25)26/h3-9,17H,1-2H3. The lowest BCUT2D eigenvalue weighted by Gasteiger charge is -2.19. The molecular weight excluding hydrogens is 356 g/mol. The number of benzene rings is 2. The Bertz CT molecular complexity index is 938. The molecule has 2 aromatic rings. The van der Waals surface area contributed by atoms with Crippen LogP contribution in [0, 0.1) is 27.2 Å². The van der Waals surface area contributed by atoms with E-state index in [4.69, 9.17) is 4.74 Å². The summed E-state index contributed by atoms with van der Waals surface area (Å²) in [6, 6.07) is 10.3. The van der Waals surface area contributed by atoms with Gasteiger partial charge in [0.2, 0.25) is 18.0 Å². The molecule has 0 fully saturated rings. The highest BCUT2D eigenvalue weighted by Gasteiger charge is 2.34. The number of nitro groups is 2. The van der Waals surface area contributed by atoms with Crippen LogP contribution in [0.3, 0.4) is 0 Å². The molecule has 1 amide bonds. The van der Waals surface area contributed by atoms with E-state index in [1.165, 1.54) is 6.92 Å². The number of hydrogen-bond donors (Lipinski definition) is 0. The first-order valence-corrected chi connectivity index (χ1v) is 7.82. The zero-order valence-corrected chi connectivity index (χ0v) is 14.4. The first-order chi connectivity index (χ1) is 12.8. The summed E-state index contributed by atoms with van der Waals surface area (Å²) in [5.41, 5.74) is 0.755. The molecule has 0 saturated carbocycles. The highest BCUT2D eigenvalue weighted by molar-refractivity contribution is 5.97. The van der Waals surface area contributed by atoms with Crippen molar-refractivity contribution in [2.24, 2.45) is 5.10 Å². The van der Waals surface area contributed by atoms with E-state index in [9.17, 15) is 25.0 Å². The van der Waals surface area contributed by atoms with Crippen LogP contribution in [0.5, 0.6) is 0 Å². The predicted molar refractivity (Wildman–Crippen MR) is 93.8 cm³/mol. The Morgan fingerprint density at radius 2 is 1.63 bits per heavy atom. The van der Waals surface area contributed by atoms with Gasteiger partial charge >= 0.3 is 0 Å². The molecule has 10 nitrogen and oxygen atoms in total. The Kier molecular flexibility index (Phi) is 4.55. The monoisotopic (exact) mass is 370 g/mol. The lowest BCUT2D eigenvalue weighted by molar-refractivity contribution is -0.394. The van der Waals surface area contributed by atoms with Crippen LogP contribution >= 0.6 is 0 Å². The summed E-state index contributed by atoms with van der Waals surface area (Å²) in [5, 5.41) is 27.3. The van der Waals surface area contributed by atoms with Crippen molar-refractivity contribution in [1.82, 2.24) is 5.01 Å². The second kappa shape index (κ2) is 6.83. The summed E-state index contributed by atoms with van der Waals surface area (Å²) in [5.74, 6) is -0.516. The van der Waals surface area contributed by atoms with Crippen LogP contribution in [0.2, 0.25) is 0 Å². The highest BCUT2D eigenvalue weighted by Crippen LogP contribution is 2.32. The van der Waals surface area contributed by atoms with Gasteiger partial charge in [-0.1, -0.05) is 29.8 Å². The van der Waals surface area contributed by atoms with Crippen LogP contribution in [0.25, 0.3) is 0 Å². The molecule has 0 radical (unpaired) electrons. The van der Waals surface area contributed by atoms with E-state index in [1.807, 2.05) is 19.1 Å². The maximum atomic E-state index is 11.9. The molecule has 10 heteroatoms. The second-order valence-corrected chi connectivity index (χ2v) is 5.90. The van der Waals surface area contributed by atoms with Gasteiger partial charge in [-0.3, -0.25) is 25.0 Å². The Morgan fingerprint density at radius 1 is 1.07 bits per heavy atom. The molecule has 0 N–H and O–H groups in total. The van der Waals surface area contributed by atoms with Crippen LogP contribution in [0.1, 0.15) is 29.8 Å². The second-order valence-electron chi connectivity index (χ2n) is 5.90. The average Bonchev–Trinajstić information content (AvgIpc) is 3.07. The van der Waals surface area contributed by atoms with Gasteiger partial charge in [0.15, 0.2) is 0 Å². The Balaban J connectivity index is 2.03. The lowest BCUT2D eigenvalue weighted by Crippen LogP contribution is -2.25. The van der Waals surface area contributed by atoms with Gasteiger partial charge in [-0.25, -0.2) is 0 Å². The molecule has 1 heterocycles. The number of non-ortho nitro benzene ring substituents is 2. The van der Waals surface area contributed by atoms with Gasteiger partial charge in [0.05, 0.1) is 21.5 Å². The maximum Gasteiger partial charge on any atom is 0.277 e. The normalized spacial score (nSPS) is 15.9. The van der Waals surface area contributed by atoms with Crippen LogP contribution in [-0.2, 0) is 9.53 Å². The van der Waals surface area contributed by atoms with Crippen LogP contribution < -0.4 is 0 Å². The Labute approximate surface area is 153 Å². The van der Waals surface area contributed by atoms with Gasteiger partial charge in [-0.05, 0) is 6.92 Å². The minimum atomic E-state index is -0.864. The molecule has 0 saturated heterocycles. The van der Waals surface area contributed by atoms with Gasteiger partial charge in [-0.2, -0.15) is 5.01 Å². The summed E-state index contributed by atoms with van der Waals surface area (Å²) in [6.07, 6.45) is -0.864. The zero-order chi connectivity index (χ0) is 19.7. The van der Waals surface area contributed by atoms with Gasteiger partial charge in [0, 0.05) is 24.6 Å². The number of carbonyl (C=O) groups is 1. The highest BCUT2D eigenvalue weighted by atomic mass is 16.6. The van der Waals surface area contributed by atoms with Crippen molar-refractivity contribution in [3.8, 4) is 0 Å². The first-order valence-electron chi connectivity index (χ1n) is 7.82. The molecule has 138 valence electrons. The number of hydrogen-bond acceptors (Lipinski definition) is 7. The van der Waals surface area contributed by atoms with E-state index in [0.717, 1.165) is 28.8 Å². The Morgan fingerprint density at radius 3 is 2.11 bits per heavy atom. The minimum Gasteiger partial charge on any atom is -0.446 e. The molecule has 0 spiro atoms. The third-order valence-corrected chi connectivity index (χ3v) is 3.90. The molecule has 3 rings (SSSR count). The van der Waals surface area contributed by atoms with Crippen LogP contribution in [0.4, 0.5) is 11.4 Å². The van der Waals surface area contributed by atoms with E-state index in [1.54, 1.807) is 12.1 Å². The van der Waals surface area contributed by atoms with Gasteiger partial charge < -0.3 is 4.74 Å². The van der Waals surface area contributed by atoms with E-state index >= 15 is 0 Å². The summed E-state index contributed by atoms with van der Waals surface area (Å²) < 4.78 is 5.73. The quantitative estimate of drug-likeness (QED) is 0.601. The van der Waals surface area contributed by atoms with E-state index in [-0.39, 0.29) is 11.5 Å². The number of amides is 1. The molecular formula is C17H14N4O6. The Hall–Kier alpha value is -3.82. The van der Waals surface area contributed by atoms with Gasteiger partial charge in [0.25, 0.3) is 11.4 Å². The fourth-order valence-corrected chi connectivity index (χ4v) is 2.56. The van der Waals surface area contributed by atoms with Crippen molar-refractivity contribution in [2.75, 3.05) is 0 Å².